The number of nitro benzene ring substituents is 1. The standard InChI is InChI=1S/C15H14N2O6/c18-12-8-5-9(13(12)19)11-10(8)14(20)16(15(11)21)6-2-1-3-7(4-6)17(22)23/h1-4,8-13,18-19H,5H2/t8-,9+,10-,11+,12-,13-/m0/s1. The molecule has 2 N–H and O–H groups in total. The monoisotopic (exact) mass is 318 g/mol. The molecule has 1 saturated heterocycles. The number of carbonyl (C=O) groups is 2. The van der Waals surface area contributed by atoms with Crippen molar-refractivity contribution >= 4 is 23.2 Å². The van der Waals surface area contributed by atoms with Crippen LogP contribution in [0, 0.1) is 33.8 Å². The smallest absolute Gasteiger partial charge is 0.271 e. The molecular formula is C15H14N2O6. The average molecular weight is 318 g/mol. The number of non-ortho nitro benzene ring substituents is 1. The first-order chi connectivity index (χ1) is 10.9. The number of hydrogen-bond donors (Lipinski definition) is 2. The highest BCUT2D eigenvalue weighted by atomic mass is 16.6. The minimum absolute atomic E-state index is 0.159. The van der Waals surface area contributed by atoms with E-state index >= 15 is 0 Å². The van der Waals surface area contributed by atoms with Crippen LogP contribution < -0.4 is 4.90 Å². The summed E-state index contributed by atoms with van der Waals surface area (Å²) in [6, 6.07) is 5.36. The van der Waals surface area contributed by atoms with Crippen molar-refractivity contribution in [2.75, 3.05) is 4.90 Å². The number of anilines is 1. The number of amides is 2. The molecule has 0 unspecified atom stereocenters. The first-order valence-corrected chi connectivity index (χ1v) is 7.40. The minimum atomic E-state index is -0.997. The molecule has 1 aliphatic heterocycles. The Labute approximate surface area is 130 Å². The highest BCUT2D eigenvalue weighted by Crippen LogP contribution is 2.56. The van der Waals surface area contributed by atoms with Crippen LogP contribution >= 0.6 is 0 Å². The number of aliphatic hydroxyl groups is 2. The predicted molar refractivity (Wildman–Crippen MR) is 76.2 cm³/mol. The van der Waals surface area contributed by atoms with E-state index in [2.05, 4.69) is 0 Å². The van der Waals surface area contributed by atoms with Crippen molar-refractivity contribution in [3.05, 3.63) is 34.4 Å². The highest BCUT2D eigenvalue weighted by Gasteiger charge is 2.67. The number of nitro groups is 1. The van der Waals surface area contributed by atoms with Gasteiger partial charge < -0.3 is 10.2 Å². The van der Waals surface area contributed by atoms with Gasteiger partial charge in [-0.25, -0.2) is 4.90 Å². The molecule has 23 heavy (non-hydrogen) atoms. The van der Waals surface area contributed by atoms with E-state index in [4.69, 9.17) is 0 Å². The molecule has 1 heterocycles. The maximum Gasteiger partial charge on any atom is 0.271 e. The Morgan fingerprint density at radius 2 is 1.65 bits per heavy atom. The molecule has 3 aliphatic rings. The Morgan fingerprint density at radius 1 is 1.09 bits per heavy atom. The number of imide groups is 1. The lowest BCUT2D eigenvalue weighted by atomic mass is 9.78. The van der Waals surface area contributed by atoms with Crippen LogP contribution in [0.4, 0.5) is 11.4 Å². The van der Waals surface area contributed by atoms with Gasteiger partial charge in [0.2, 0.25) is 11.8 Å². The fourth-order valence-electron chi connectivity index (χ4n) is 4.43. The zero-order valence-electron chi connectivity index (χ0n) is 11.9. The van der Waals surface area contributed by atoms with E-state index in [1.165, 1.54) is 24.3 Å². The molecule has 1 aromatic rings. The molecule has 120 valence electrons. The number of carbonyl (C=O) groups excluding carboxylic acids is 2. The summed E-state index contributed by atoms with van der Waals surface area (Å²) >= 11 is 0. The second kappa shape index (κ2) is 4.59. The summed E-state index contributed by atoms with van der Waals surface area (Å²) < 4.78 is 0. The number of nitrogens with zero attached hydrogens (tertiary/aromatic N) is 2. The van der Waals surface area contributed by atoms with Crippen molar-refractivity contribution in [2.24, 2.45) is 23.7 Å². The van der Waals surface area contributed by atoms with Gasteiger partial charge in [-0.2, -0.15) is 0 Å². The number of hydrogen-bond acceptors (Lipinski definition) is 6. The molecule has 6 atom stereocenters. The second-order valence-electron chi connectivity index (χ2n) is 6.39. The second-order valence-corrected chi connectivity index (χ2v) is 6.39. The molecule has 4 rings (SSSR count). The highest BCUT2D eigenvalue weighted by molar-refractivity contribution is 6.22. The van der Waals surface area contributed by atoms with Crippen molar-refractivity contribution in [3.63, 3.8) is 0 Å². The fourth-order valence-corrected chi connectivity index (χ4v) is 4.43. The fraction of sp³-hybridized carbons (Fsp3) is 0.467. The summed E-state index contributed by atoms with van der Waals surface area (Å²) in [5.74, 6) is -3.05. The lowest BCUT2D eigenvalue weighted by Crippen LogP contribution is -2.43. The molecule has 2 aliphatic carbocycles. The van der Waals surface area contributed by atoms with E-state index in [0.29, 0.717) is 6.42 Å². The van der Waals surface area contributed by atoms with Crippen LogP contribution in [0.3, 0.4) is 0 Å². The van der Waals surface area contributed by atoms with Crippen LogP contribution in [-0.2, 0) is 9.59 Å². The van der Waals surface area contributed by atoms with Gasteiger partial charge in [-0.05, 0) is 12.5 Å². The summed E-state index contributed by atoms with van der Waals surface area (Å²) in [6.45, 7) is 0. The molecule has 1 aromatic carbocycles. The molecule has 0 spiro atoms. The van der Waals surface area contributed by atoms with Crippen molar-refractivity contribution in [3.8, 4) is 0 Å². The number of rotatable bonds is 2. The topological polar surface area (TPSA) is 121 Å². The summed E-state index contributed by atoms with van der Waals surface area (Å²) in [7, 11) is 0. The predicted octanol–water partition coefficient (Wildman–Crippen LogP) is 0.0719. The van der Waals surface area contributed by atoms with Crippen LogP contribution in [0.5, 0.6) is 0 Å². The van der Waals surface area contributed by atoms with E-state index in [1.54, 1.807) is 0 Å². The molecule has 2 bridgehead atoms. The number of benzene rings is 1. The molecular weight excluding hydrogens is 304 g/mol. The zero-order valence-corrected chi connectivity index (χ0v) is 11.9. The van der Waals surface area contributed by atoms with Crippen LogP contribution in [-0.4, -0.2) is 39.2 Å². The van der Waals surface area contributed by atoms with E-state index < -0.39 is 52.6 Å². The summed E-state index contributed by atoms with van der Waals surface area (Å²) in [5.41, 5.74) is -0.0461. The van der Waals surface area contributed by atoms with Gasteiger partial charge in [-0.1, -0.05) is 6.07 Å². The molecule has 0 aromatic heterocycles. The Morgan fingerprint density at radius 3 is 2.17 bits per heavy atom. The first kappa shape index (κ1) is 14.3. The van der Waals surface area contributed by atoms with Gasteiger partial charge in [0, 0.05) is 24.0 Å². The maximum absolute atomic E-state index is 12.7. The Bertz CT molecular complexity index is 702. The lowest BCUT2D eigenvalue weighted by Gasteiger charge is -2.29. The Hall–Kier alpha value is -2.32. The van der Waals surface area contributed by atoms with E-state index in [1.807, 2.05) is 0 Å². The largest absolute Gasteiger partial charge is 0.390 e. The Kier molecular flexibility index (Phi) is 2.85. The SMILES string of the molecule is O=C1[C@@H]2[C@H]3C[C@H]([C@H](O)[C@H]3O)[C@@H]2C(=O)N1c1cccc([N+](=O)[O-])c1. The summed E-state index contributed by atoms with van der Waals surface area (Å²) in [6.07, 6.45) is -1.54. The summed E-state index contributed by atoms with van der Waals surface area (Å²) in [4.78, 5) is 36.6. The van der Waals surface area contributed by atoms with Gasteiger partial charge in [0.15, 0.2) is 0 Å². The van der Waals surface area contributed by atoms with Crippen molar-refractivity contribution in [2.45, 2.75) is 18.6 Å². The molecule has 8 nitrogen and oxygen atoms in total. The lowest BCUT2D eigenvalue weighted by molar-refractivity contribution is -0.384. The van der Waals surface area contributed by atoms with Gasteiger partial charge in [0.25, 0.3) is 5.69 Å². The normalized spacial score (nSPS) is 38.3. The van der Waals surface area contributed by atoms with Crippen LogP contribution in [0.1, 0.15) is 6.42 Å². The van der Waals surface area contributed by atoms with Gasteiger partial charge in [-0.3, -0.25) is 19.7 Å². The quantitative estimate of drug-likeness (QED) is 0.452. The van der Waals surface area contributed by atoms with E-state index in [0.717, 1.165) is 4.90 Å². The van der Waals surface area contributed by atoms with Crippen LogP contribution in [0.25, 0.3) is 0 Å². The van der Waals surface area contributed by atoms with Gasteiger partial charge in [0.1, 0.15) is 0 Å². The van der Waals surface area contributed by atoms with Crippen molar-refractivity contribution < 1.29 is 24.7 Å². The van der Waals surface area contributed by atoms with Crippen LogP contribution in [0.2, 0.25) is 0 Å². The van der Waals surface area contributed by atoms with Gasteiger partial charge in [0.05, 0.1) is 34.7 Å². The Balaban J connectivity index is 1.73. The zero-order chi connectivity index (χ0) is 16.5. The van der Waals surface area contributed by atoms with Gasteiger partial charge >= 0.3 is 0 Å². The van der Waals surface area contributed by atoms with E-state index in [-0.39, 0.29) is 11.4 Å². The van der Waals surface area contributed by atoms with Crippen molar-refractivity contribution in [1.29, 1.82) is 0 Å². The molecule has 3 fully saturated rings. The third-order valence-electron chi connectivity index (χ3n) is 5.39. The van der Waals surface area contributed by atoms with Crippen LogP contribution in [0.15, 0.2) is 24.3 Å². The molecule has 0 radical (unpaired) electrons. The molecule has 2 amide bonds. The minimum Gasteiger partial charge on any atom is -0.390 e. The van der Waals surface area contributed by atoms with Crippen molar-refractivity contribution in [1.82, 2.24) is 0 Å². The molecule has 8 heteroatoms. The summed E-state index contributed by atoms with van der Waals surface area (Å²) in [5, 5.41) is 30.9. The molecule has 2 saturated carbocycles. The van der Waals surface area contributed by atoms with Gasteiger partial charge in [-0.15, -0.1) is 0 Å². The van der Waals surface area contributed by atoms with E-state index in [9.17, 15) is 29.9 Å². The first-order valence-electron chi connectivity index (χ1n) is 7.40. The third-order valence-corrected chi connectivity index (χ3v) is 5.39. The maximum atomic E-state index is 12.7. The average Bonchev–Trinajstić information content (AvgIpc) is 3.12. The third kappa shape index (κ3) is 1.73. The number of aliphatic hydroxyl groups excluding tert-OH is 2. The number of fused-ring (bicyclic) bond motifs is 5.